The average Bonchev–Trinajstić information content (AvgIpc) is 2.90. The van der Waals surface area contributed by atoms with Crippen LogP contribution in [0.3, 0.4) is 0 Å². The van der Waals surface area contributed by atoms with Gasteiger partial charge in [0.25, 0.3) is 5.56 Å². The lowest BCUT2D eigenvalue weighted by Crippen LogP contribution is -2.27. The van der Waals surface area contributed by atoms with Crippen LogP contribution in [0.25, 0.3) is 5.69 Å². The molecule has 1 heterocycles. The van der Waals surface area contributed by atoms with Crippen molar-refractivity contribution in [2.75, 3.05) is 0 Å². The second kappa shape index (κ2) is 4.91. The van der Waals surface area contributed by atoms with Crippen molar-refractivity contribution in [3.63, 3.8) is 0 Å². The van der Waals surface area contributed by atoms with E-state index in [1.54, 1.807) is 0 Å². The molecule has 0 saturated heterocycles. The SMILES string of the molecule is Cc1cccc(-n2c3c(cc(CN)c2=O)CCC3)c1C. The molecule has 0 amide bonds. The van der Waals surface area contributed by atoms with Crippen LogP contribution in [0.2, 0.25) is 0 Å². The number of rotatable bonds is 2. The second-order valence-electron chi connectivity index (χ2n) is 5.56. The van der Waals surface area contributed by atoms with Crippen LogP contribution < -0.4 is 11.3 Å². The van der Waals surface area contributed by atoms with E-state index in [1.807, 2.05) is 22.8 Å². The van der Waals surface area contributed by atoms with Crippen molar-refractivity contribution in [3.8, 4) is 5.69 Å². The monoisotopic (exact) mass is 268 g/mol. The van der Waals surface area contributed by atoms with Gasteiger partial charge in [-0.1, -0.05) is 12.1 Å². The summed E-state index contributed by atoms with van der Waals surface area (Å²) in [7, 11) is 0. The van der Waals surface area contributed by atoms with E-state index >= 15 is 0 Å². The molecule has 0 fully saturated rings. The molecule has 1 aromatic carbocycles. The maximum absolute atomic E-state index is 12.7. The molecule has 0 spiro atoms. The molecule has 0 aliphatic heterocycles. The van der Waals surface area contributed by atoms with E-state index in [-0.39, 0.29) is 5.56 Å². The first kappa shape index (κ1) is 13.1. The van der Waals surface area contributed by atoms with Crippen molar-refractivity contribution in [3.05, 3.63) is 62.6 Å². The molecule has 3 rings (SSSR count). The Morgan fingerprint density at radius 3 is 2.80 bits per heavy atom. The molecule has 0 radical (unpaired) electrons. The van der Waals surface area contributed by atoms with Crippen molar-refractivity contribution in [1.29, 1.82) is 0 Å². The van der Waals surface area contributed by atoms with Crippen molar-refractivity contribution in [2.24, 2.45) is 5.73 Å². The zero-order chi connectivity index (χ0) is 14.3. The van der Waals surface area contributed by atoms with Crippen molar-refractivity contribution >= 4 is 0 Å². The average molecular weight is 268 g/mol. The minimum absolute atomic E-state index is 0.0434. The van der Waals surface area contributed by atoms with E-state index in [0.717, 1.165) is 30.5 Å². The molecule has 2 aromatic rings. The van der Waals surface area contributed by atoms with E-state index in [1.165, 1.54) is 16.8 Å². The number of hydrogen-bond acceptors (Lipinski definition) is 2. The summed E-state index contributed by atoms with van der Waals surface area (Å²) in [4.78, 5) is 12.7. The van der Waals surface area contributed by atoms with Crippen LogP contribution in [0.4, 0.5) is 0 Å². The van der Waals surface area contributed by atoms with Crippen LogP contribution in [0.15, 0.2) is 29.1 Å². The molecule has 20 heavy (non-hydrogen) atoms. The van der Waals surface area contributed by atoms with Crippen molar-refractivity contribution in [2.45, 2.75) is 39.7 Å². The molecule has 3 nitrogen and oxygen atoms in total. The highest BCUT2D eigenvalue weighted by Gasteiger charge is 2.20. The third-order valence-electron chi connectivity index (χ3n) is 4.36. The van der Waals surface area contributed by atoms with Gasteiger partial charge in [0.2, 0.25) is 0 Å². The highest BCUT2D eigenvalue weighted by Crippen LogP contribution is 2.26. The van der Waals surface area contributed by atoms with E-state index in [0.29, 0.717) is 12.1 Å². The molecule has 0 atom stereocenters. The summed E-state index contributed by atoms with van der Waals surface area (Å²) >= 11 is 0. The minimum Gasteiger partial charge on any atom is -0.326 e. The normalized spacial score (nSPS) is 13.6. The van der Waals surface area contributed by atoms with E-state index < -0.39 is 0 Å². The molecule has 0 unspecified atom stereocenters. The Hall–Kier alpha value is -1.87. The number of aromatic nitrogens is 1. The topological polar surface area (TPSA) is 48.0 Å². The molecule has 104 valence electrons. The Morgan fingerprint density at radius 1 is 1.25 bits per heavy atom. The first-order valence-corrected chi connectivity index (χ1v) is 7.17. The molecule has 1 aliphatic rings. The van der Waals surface area contributed by atoms with E-state index in [9.17, 15) is 4.79 Å². The fraction of sp³-hybridized carbons (Fsp3) is 0.353. The van der Waals surface area contributed by atoms with E-state index in [4.69, 9.17) is 5.73 Å². The largest absolute Gasteiger partial charge is 0.326 e. The van der Waals surface area contributed by atoms with Gasteiger partial charge in [-0.3, -0.25) is 9.36 Å². The van der Waals surface area contributed by atoms with Gasteiger partial charge in [0, 0.05) is 17.8 Å². The minimum atomic E-state index is 0.0434. The predicted molar refractivity (Wildman–Crippen MR) is 81.4 cm³/mol. The molecular formula is C17H20N2O. The smallest absolute Gasteiger partial charge is 0.259 e. The molecule has 0 bridgehead atoms. The maximum Gasteiger partial charge on any atom is 0.259 e. The quantitative estimate of drug-likeness (QED) is 0.909. The Morgan fingerprint density at radius 2 is 2.05 bits per heavy atom. The Balaban J connectivity index is 2.36. The lowest BCUT2D eigenvalue weighted by Gasteiger charge is -2.17. The third kappa shape index (κ3) is 1.90. The summed E-state index contributed by atoms with van der Waals surface area (Å²) in [5.41, 5.74) is 12.3. The molecule has 0 saturated carbocycles. The van der Waals surface area contributed by atoms with Gasteiger partial charge in [0.15, 0.2) is 0 Å². The summed E-state index contributed by atoms with van der Waals surface area (Å²) in [6.07, 6.45) is 3.14. The van der Waals surface area contributed by atoms with Gasteiger partial charge < -0.3 is 5.73 Å². The van der Waals surface area contributed by atoms with Crippen LogP contribution in [-0.4, -0.2) is 4.57 Å². The van der Waals surface area contributed by atoms with Gasteiger partial charge in [-0.05, 0) is 61.9 Å². The van der Waals surface area contributed by atoms with Crippen molar-refractivity contribution < 1.29 is 0 Å². The third-order valence-corrected chi connectivity index (χ3v) is 4.36. The predicted octanol–water partition coefficient (Wildman–Crippen LogP) is 2.40. The first-order chi connectivity index (χ1) is 9.63. The fourth-order valence-corrected chi connectivity index (χ4v) is 3.08. The van der Waals surface area contributed by atoms with Crippen LogP contribution in [0, 0.1) is 13.8 Å². The van der Waals surface area contributed by atoms with Gasteiger partial charge in [0.05, 0.1) is 5.69 Å². The standard InChI is InChI=1S/C17H20N2O/c1-11-5-3-7-15(12(11)2)19-16-8-4-6-13(16)9-14(10-18)17(19)20/h3,5,7,9H,4,6,8,10,18H2,1-2H3. The van der Waals surface area contributed by atoms with Crippen LogP contribution in [-0.2, 0) is 19.4 Å². The van der Waals surface area contributed by atoms with Crippen molar-refractivity contribution in [1.82, 2.24) is 4.57 Å². The van der Waals surface area contributed by atoms with Crippen LogP contribution >= 0.6 is 0 Å². The highest BCUT2D eigenvalue weighted by atomic mass is 16.1. The number of fused-ring (bicyclic) bond motifs is 1. The zero-order valence-electron chi connectivity index (χ0n) is 12.1. The second-order valence-corrected chi connectivity index (χ2v) is 5.56. The van der Waals surface area contributed by atoms with E-state index in [2.05, 4.69) is 19.9 Å². The molecular weight excluding hydrogens is 248 g/mol. The number of hydrogen-bond donors (Lipinski definition) is 1. The number of benzene rings is 1. The Kier molecular flexibility index (Phi) is 3.22. The molecule has 1 aliphatic carbocycles. The summed E-state index contributed by atoms with van der Waals surface area (Å²) in [5, 5.41) is 0. The lowest BCUT2D eigenvalue weighted by molar-refractivity contribution is 0.833. The summed E-state index contributed by atoms with van der Waals surface area (Å²) in [6, 6.07) is 8.13. The van der Waals surface area contributed by atoms with Gasteiger partial charge in [-0.15, -0.1) is 0 Å². The molecule has 1 aromatic heterocycles. The van der Waals surface area contributed by atoms with Crippen LogP contribution in [0.5, 0.6) is 0 Å². The van der Waals surface area contributed by atoms with Gasteiger partial charge >= 0.3 is 0 Å². The lowest BCUT2D eigenvalue weighted by atomic mass is 10.1. The van der Waals surface area contributed by atoms with Crippen LogP contribution in [0.1, 0.15) is 34.4 Å². The highest BCUT2D eigenvalue weighted by molar-refractivity contribution is 5.48. The molecule has 3 heteroatoms. The molecule has 2 N–H and O–H groups in total. The number of pyridine rings is 1. The Labute approximate surface area is 119 Å². The Bertz CT molecular complexity index is 729. The number of aryl methyl sites for hydroxylation is 2. The summed E-state index contributed by atoms with van der Waals surface area (Å²) in [6.45, 7) is 4.46. The van der Waals surface area contributed by atoms with Gasteiger partial charge in [-0.2, -0.15) is 0 Å². The van der Waals surface area contributed by atoms with Gasteiger partial charge in [-0.25, -0.2) is 0 Å². The summed E-state index contributed by atoms with van der Waals surface area (Å²) in [5.74, 6) is 0. The number of nitrogens with zero attached hydrogens (tertiary/aromatic N) is 1. The summed E-state index contributed by atoms with van der Waals surface area (Å²) < 4.78 is 1.90. The fourth-order valence-electron chi connectivity index (χ4n) is 3.08. The zero-order valence-corrected chi connectivity index (χ0v) is 12.1. The maximum atomic E-state index is 12.7. The van der Waals surface area contributed by atoms with Gasteiger partial charge in [0.1, 0.15) is 0 Å². The first-order valence-electron chi connectivity index (χ1n) is 7.17. The number of nitrogens with two attached hydrogens (primary N) is 1.